The molecule has 22 heavy (non-hydrogen) atoms. The highest BCUT2D eigenvalue weighted by Crippen LogP contribution is 2.22. The number of methoxy groups -OCH3 is 1. The van der Waals surface area contributed by atoms with Crippen molar-refractivity contribution in [2.75, 3.05) is 13.4 Å². The van der Waals surface area contributed by atoms with E-state index < -0.39 is 0 Å². The average molecular weight is 379 g/mol. The number of halogens is 1. The van der Waals surface area contributed by atoms with Crippen molar-refractivity contribution in [1.82, 2.24) is 19.7 Å². The number of ether oxygens (including phenoxy) is 1. The van der Waals surface area contributed by atoms with Crippen molar-refractivity contribution in [1.29, 1.82) is 0 Å². The number of hydrogen-bond acceptors (Lipinski definition) is 5. The Balaban J connectivity index is 2.01. The molecule has 7 heteroatoms. The quantitative estimate of drug-likeness (QED) is 0.386. The Morgan fingerprint density at radius 2 is 2.05 bits per heavy atom. The molecule has 0 amide bonds. The summed E-state index contributed by atoms with van der Waals surface area (Å²) in [6, 6.07) is 7.98. The van der Waals surface area contributed by atoms with Crippen molar-refractivity contribution in [2.24, 2.45) is 0 Å². The van der Waals surface area contributed by atoms with E-state index in [9.17, 15) is 0 Å². The van der Waals surface area contributed by atoms with Crippen LogP contribution in [0.4, 0.5) is 0 Å². The van der Waals surface area contributed by atoms with Crippen LogP contribution in [0.1, 0.15) is 11.3 Å². The molecule has 0 fully saturated rings. The Labute approximate surface area is 141 Å². The van der Waals surface area contributed by atoms with E-state index in [0.29, 0.717) is 11.9 Å². The maximum Gasteiger partial charge on any atom is 0.189 e. The van der Waals surface area contributed by atoms with Gasteiger partial charge in [-0.15, -0.1) is 0 Å². The smallest absolute Gasteiger partial charge is 0.189 e. The first-order chi connectivity index (χ1) is 10.7. The molecule has 0 N–H and O–H groups in total. The van der Waals surface area contributed by atoms with Gasteiger partial charge in [-0.2, -0.15) is 5.10 Å². The lowest BCUT2D eigenvalue weighted by Crippen LogP contribution is -2.03. The highest BCUT2D eigenvalue weighted by molar-refractivity contribution is 9.08. The van der Waals surface area contributed by atoms with Crippen LogP contribution in [0, 0.1) is 0 Å². The first-order valence-corrected chi connectivity index (χ1v) is 9.05. The van der Waals surface area contributed by atoms with Gasteiger partial charge in [-0.3, -0.25) is 0 Å². The van der Waals surface area contributed by atoms with E-state index in [1.807, 2.05) is 41.4 Å². The van der Waals surface area contributed by atoms with Gasteiger partial charge in [0, 0.05) is 11.5 Å². The van der Waals surface area contributed by atoms with Gasteiger partial charge in [0.05, 0.1) is 24.7 Å². The zero-order chi connectivity index (χ0) is 15.5. The molecule has 5 nitrogen and oxygen atoms in total. The summed E-state index contributed by atoms with van der Waals surface area (Å²) in [6.07, 6.45) is 3.82. The molecule has 0 saturated carbocycles. The molecule has 0 spiro atoms. The number of benzene rings is 1. The second kappa shape index (κ2) is 6.66. The minimum Gasteiger partial charge on any atom is -0.497 e. The highest BCUT2D eigenvalue weighted by atomic mass is 79.9. The Bertz CT molecular complexity index is 788. The van der Waals surface area contributed by atoms with Crippen LogP contribution in [0.25, 0.3) is 11.0 Å². The van der Waals surface area contributed by atoms with E-state index in [0.717, 1.165) is 33.2 Å². The third-order valence-corrected chi connectivity index (χ3v) is 4.44. The van der Waals surface area contributed by atoms with Crippen LogP contribution in [-0.2, 0) is 11.9 Å². The molecular formula is C15H15BrN4OS. The summed E-state index contributed by atoms with van der Waals surface area (Å²) in [5.74, 6) is 0.849. The number of aromatic nitrogens is 4. The van der Waals surface area contributed by atoms with Gasteiger partial charge in [-0.1, -0.05) is 39.8 Å². The Morgan fingerprint density at radius 1 is 1.27 bits per heavy atom. The number of fused-ring (bicyclic) bond motifs is 1. The number of hydrogen-bond donors (Lipinski definition) is 0. The van der Waals surface area contributed by atoms with Gasteiger partial charge in [-0.25, -0.2) is 14.6 Å². The molecule has 0 bridgehead atoms. The molecule has 0 saturated heterocycles. The summed E-state index contributed by atoms with van der Waals surface area (Å²) >= 11 is 5.01. The molecule has 0 aliphatic rings. The molecule has 0 unspecified atom stereocenters. The summed E-state index contributed by atoms with van der Waals surface area (Å²) in [5, 5.41) is 7.07. The van der Waals surface area contributed by atoms with E-state index in [4.69, 9.17) is 4.74 Å². The third-order valence-electron chi connectivity index (χ3n) is 3.34. The van der Waals surface area contributed by atoms with Crippen molar-refractivity contribution in [3.05, 3.63) is 41.7 Å². The summed E-state index contributed by atoms with van der Waals surface area (Å²) < 4.78 is 7.12. The molecule has 1 aromatic carbocycles. The summed E-state index contributed by atoms with van der Waals surface area (Å²) in [5.41, 5.74) is 2.97. The van der Waals surface area contributed by atoms with Crippen LogP contribution in [0.3, 0.4) is 0 Å². The van der Waals surface area contributed by atoms with Gasteiger partial charge < -0.3 is 4.74 Å². The minimum atomic E-state index is 0.665. The van der Waals surface area contributed by atoms with Gasteiger partial charge in [0.25, 0.3) is 0 Å². The van der Waals surface area contributed by atoms with Crippen molar-refractivity contribution < 1.29 is 4.74 Å². The number of alkyl halides is 1. The zero-order valence-electron chi connectivity index (χ0n) is 12.3. The summed E-state index contributed by atoms with van der Waals surface area (Å²) in [7, 11) is 1.67. The maximum absolute atomic E-state index is 5.19. The Hall–Kier alpha value is -1.60. The second-order valence-electron chi connectivity index (χ2n) is 4.68. The summed E-state index contributed by atoms with van der Waals surface area (Å²) in [4.78, 5) is 8.94. The van der Waals surface area contributed by atoms with Crippen LogP contribution in [0.5, 0.6) is 5.75 Å². The molecule has 0 atom stereocenters. The van der Waals surface area contributed by atoms with Crippen LogP contribution in [0.15, 0.2) is 35.6 Å². The van der Waals surface area contributed by atoms with E-state index in [-0.39, 0.29) is 0 Å². The molecule has 0 aliphatic heterocycles. The maximum atomic E-state index is 5.19. The first-order valence-electron chi connectivity index (χ1n) is 6.70. The van der Waals surface area contributed by atoms with E-state index in [1.54, 1.807) is 7.11 Å². The van der Waals surface area contributed by atoms with Gasteiger partial charge in [0.2, 0.25) is 0 Å². The molecule has 114 valence electrons. The predicted molar refractivity (Wildman–Crippen MR) is 91.8 cm³/mol. The van der Waals surface area contributed by atoms with E-state index in [2.05, 4.69) is 31.0 Å². The summed E-state index contributed by atoms with van der Waals surface area (Å²) in [6.45, 7) is 0.665. The fourth-order valence-electron chi connectivity index (χ4n) is 2.22. The van der Waals surface area contributed by atoms with Crippen molar-refractivity contribution >= 4 is 38.7 Å². The van der Waals surface area contributed by atoms with Crippen molar-refractivity contribution in [3.63, 3.8) is 0 Å². The number of rotatable bonds is 5. The fourth-order valence-corrected chi connectivity index (χ4v) is 2.97. The first kappa shape index (κ1) is 15.3. The van der Waals surface area contributed by atoms with Crippen LogP contribution >= 0.6 is 27.7 Å². The molecule has 2 heterocycles. The topological polar surface area (TPSA) is 52.8 Å². The molecule has 0 radical (unpaired) electrons. The third kappa shape index (κ3) is 2.96. The standard InChI is InChI=1S/C15H15BrN4OS/c1-21-11-5-3-10(4-6-11)9-20-14-12(13(7-16)19-20)8-17-15(18-14)22-2/h3-6,8H,7,9H2,1-2H3. The van der Waals surface area contributed by atoms with Crippen molar-refractivity contribution in [2.45, 2.75) is 17.0 Å². The van der Waals surface area contributed by atoms with Gasteiger partial charge in [0.1, 0.15) is 5.75 Å². The highest BCUT2D eigenvalue weighted by Gasteiger charge is 2.13. The lowest BCUT2D eigenvalue weighted by atomic mass is 10.2. The Morgan fingerprint density at radius 3 is 2.68 bits per heavy atom. The molecule has 0 aliphatic carbocycles. The van der Waals surface area contributed by atoms with Gasteiger partial charge in [0.15, 0.2) is 10.8 Å². The predicted octanol–water partition coefficient (Wildman–Crippen LogP) is 3.50. The Kier molecular flexibility index (Phi) is 4.63. The molecular weight excluding hydrogens is 364 g/mol. The van der Waals surface area contributed by atoms with Crippen LogP contribution in [0.2, 0.25) is 0 Å². The molecule has 3 rings (SSSR count). The van der Waals surface area contributed by atoms with Crippen LogP contribution in [-0.4, -0.2) is 33.1 Å². The SMILES string of the molecule is COc1ccc(Cn2nc(CBr)c3cnc(SC)nc32)cc1. The van der Waals surface area contributed by atoms with Gasteiger partial charge >= 0.3 is 0 Å². The van der Waals surface area contributed by atoms with Gasteiger partial charge in [-0.05, 0) is 24.0 Å². The number of nitrogens with zero attached hydrogens (tertiary/aromatic N) is 4. The fraction of sp³-hybridized carbons (Fsp3) is 0.267. The van der Waals surface area contributed by atoms with E-state index in [1.165, 1.54) is 11.8 Å². The van der Waals surface area contributed by atoms with Crippen molar-refractivity contribution in [3.8, 4) is 5.75 Å². The average Bonchev–Trinajstić information content (AvgIpc) is 2.92. The minimum absolute atomic E-state index is 0.665. The number of thioether (sulfide) groups is 1. The zero-order valence-corrected chi connectivity index (χ0v) is 14.7. The monoisotopic (exact) mass is 378 g/mol. The lowest BCUT2D eigenvalue weighted by Gasteiger charge is -2.05. The largest absolute Gasteiger partial charge is 0.497 e. The lowest BCUT2D eigenvalue weighted by molar-refractivity contribution is 0.414. The molecule has 3 aromatic rings. The second-order valence-corrected chi connectivity index (χ2v) is 6.01. The molecule has 2 aromatic heterocycles. The van der Waals surface area contributed by atoms with Crippen LogP contribution < -0.4 is 4.74 Å². The normalized spacial score (nSPS) is 11.0. The van der Waals surface area contributed by atoms with E-state index >= 15 is 0 Å².